The summed E-state index contributed by atoms with van der Waals surface area (Å²) in [4.78, 5) is 18.9. The maximum absolute atomic E-state index is 12.8. The molecule has 0 spiro atoms. The van der Waals surface area contributed by atoms with Gasteiger partial charge in [0.25, 0.3) is 0 Å². The van der Waals surface area contributed by atoms with Gasteiger partial charge in [0.1, 0.15) is 0 Å². The Labute approximate surface area is 125 Å². The fourth-order valence-corrected chi connectivity index (χ4v) is 2.98. The molecule has 6 heteroatoms. The van der Waals surface area contributed by atoms with E-state index in [2.05, 4.69) is 4.98 Å². The van der Waals surface area contributed by atoms with Crippen LogP contribution in [0.1, 0.15) is 19.3 Å². The van der Waals surface area contributed by atoms with E-state index in [1.165, 1.54) is 0 Å². The topological polar surface area (TPSA) is 56.6 Å². The van der Waals surface area contributed by atoms with E-state index in [0.717, 1.165) is 25.8 Å². The molecule has 21 heavy (non-hydrogen) atoms. The van der Waals surface area contributed by atoms with E-state index >= 15 is 0 Å². The molecule has 1 unspecified atom stereocenters. The highest BCUT2D eigenvalue weighted by Gasteiger charge is 2.52. The minimum atomic E-state index is -0.205. The molecule has 1 saturated carbocycles. The van der Waals surface area contributed by atoms with Crippen LogP contribution in [0.5, 0.6) is 0 Å². The largest absolute Gasteiger partial charge is 0.385 e. The van der Waals surface area contributed by atoms with Gasteiger partial charge in [-0.25, -0.2) is 4.98 Å². The number of nitrogens with zero attached hydrogens (tertiary/aromatic N) is 3. The summed E-state index contributed by atoms with van der Waals surface area (Å²) in [6.07, 6.45) is 8.37. The summed E-state index contributed by atoms with van der Waals surface area (Å²) in [7, 11) is 1.69. The Balaban J connectivity index is 1.59. The summed E-state index contributed by atoms with van der Waals surface area (Å²) in [5.41, 5.74) is -0.205. The van der Waals surface area contributed by atoms with Crippen LogP contribution in [0.25, 0.3) is 0 Å². The maximum atomic E-state index is 12.8. The number of morpholine rings is 1. The zero-order chi connectivity index (χ0) is 14.7. The Kier molecular flexibility index (Phi) is 4.26. The minimum absolute atomic E-state index is 0.103. The number of hydrogen-bond donors (Lipinski definition) is 0. The van der Waals surface area contributed by atoms with E-state index < -0.39 is 0 Å². The van der Waals surface area contributed by atoms with E-state index in [-0.39, 0.29) is 17.4 Å². The van der Waals surface area contributed by atoms with Gasteiger partial charge in [0.05, 0.1) is 24.5 Å². The van der Waals surface area contributed by atoms with E-state index in [0.29, 0.717) is 26.3 Å². The van der Waals surface area contributed by atoms with Gasteiger partial charge in [-0.3, -0.25) is 4.79 Å². The Bertz CT molecular complexity index is 471. The second-order valence-corrected chi connectivity index (χ2v) is 6.04. The number of carbonyl (C=O) groups excluding carboxylic acids is 1. The van der Waals surface area contributed by atoms with Crippen LogP contribution in [-0.4, -0.2) is 59.9 Å². The van der Waals surface area contributed by atoms with Crippen LogP contribution >= 0.6 is 0 Å². The van der Waals surface area contributed by atoms with Crippen molar-refractivity contribution < 1.29 is 14.3 Å². The minimum Gasteiger partial charge on any atom is -0.385 e. The lowest BCUT2D eigenvalue weighted by Gasteiger charge is -2.35. The van der Waals surface area contributed by atoms with Crippen LogP contribution in [0.4, 0.5) is 0 Å². The Morgan fingerprint density at radius 3 is 3.05 bits per heavy atom. The molecule has 1 aromatic heterocycles. The van der Waals surface area contributed by atoms with Crippen LogP contribution in [0.15, 0.2) is 18.7 Å². The van der Waals surface area contributed by atoms with E-state index in [1.54, 1.807) is 19.6 Å². The molecule has 2 heterocycles. The summed E-state index contributed by atoms with van der Waals surface area (Å²) < 4.78 is 12.8. The molecule has 0 bridgehead atoms. The molecule has 1 aliphatic heterocycles. The Morgan fingerprint density at radius 1 is 1.52 bits per heavy atom. The van der Waals surface area contributed by atoms with Crippen molar-refractivity contribution in [2.45, 2.75) is 31.9 Å². The SMILES string of the molecule is COCCC1CN(C(=O)C2(Cn3ccnc3)CC2)CCO1. The summed E-state index contributed by atoms with van der Waals surface area (Å²) in [6, 6.07) is 0. The average Bonchev–Trinajstić information content (AvgIpc) is 3.11. The van der Waals surface area contributed by atoms with E-state index in [1.807, 2.05) is 15.7 Å². The highest BCUT2D eigenvalue weighted by atomic mass is 16.5. The van der Waals surface area contributed by atoms with Crippen LogP contribution in [-0.2, 0) is 20.8 Å². The van der Waals surface area contributed by atoms with Crippen molar-refractivity contribution in [3.63, 3.8) is 0 Å². The molecule has 2 fully saturated rings. The second kappa shape index (κ2) is 6.15. The first-order valence-electron chi connectivity index (χ1n) is 7.59. The Hall–Kier alpha value is -1.40. The second-order valence-electron chi connectivity index (χ2n) is 6.04. The monoisotopic (exact) mass is 293 g/mol. The lowest BCUT2D eigenvalue weighted by atomic mass is 10.0. The molecular weight excluding hydrogens is 270 g/mol. The highest BCUT2D eigenvalue weighted by Crippen LogP contribution is 2.48. The van der Waals surface area contributed by atoms with Crippen molar-refractivity contribution in [3.05, 3.63) is 18.7 Å². The predicted octanol–water partition coefficient (Wildman–Crippen LogP) is 0.927. The summed E-state index contributed by atoms with van der Waals surface area (Å²) >= 11 is 0. The van der Waals surface area contributed by atoms with Gasteiger partial charge in [0.2, 0.25) is 5.91 Å². The third-order valence-corrected chi connectivity index (χ3v) is 4.42. The predicted molar refractivity (Wildman–Crippen MR) is 76.7 cm³/mol. The van der Waals surface area contributed by atoms with Gasteiger partial charge < -0.3 is 18.9 Å². The summed E-state index contributed by atoms with van der Waals surface area (Å²) in [5.74, 6) is 0.280. The quantitative estimate of drug-likeness (QED) is 0.783. The first kappa shape index (κ1) is 14.5. The number of ether oxygens (including phenoxy) is 2. The van der Waals surface area contributed by atoms with Crippen molar-refractivity contribution in [3.8, 4) is 0 Å². The molecule has 116 valence electrons. The van der Waals surface area contributed by atoms with Gasteiger partial charge in [-0.2, -0.15) is 0 Å². The molecule has 1 saturated heterocycles. The molecule has 1 atom stereocenters. The van der Waals surface area contributed by atoms with Crippen molar-refractivity contribution in [1.29, 1.82) is 0 Å². The number of carbonyl (C=O) groups is 1. The number of rotatable bonds is 6. The molecule has 2 aliphatic rings. The zero-order valence-electron chi connectivity index (χ0n) is 12.5. The van der Waals surface area contributed by atoms with Gasteiger partial charge in [-0.05, 0) is 19.3 Å². The van der Waals surface area contributed by atoms with E-state index in [9.17, 15) is 4.79 Å². The van der Waals surface area contributed by atoms with Crippen LogP contribution in [0.3, 0.4) is 0 Å². The van der Waals surface area contributed by atoms with Crippen molar-refractivity contribution in [1.82, 2.24) is 14.5 Å². The molecule has 1 aromatic rings. The lowest BCUT2D eigenvalue weighted by molar-refractivity contribution is -0.145. The lowest BCUT2D eigenvalue weighted by Crippen LogP contribution is -2.49. The zero-order valence-corrected chi connectivity index (χ0v) is 12.5. The number of hydrogen-bond acceptors (Lipinski definition) is 4. The molecule has 0 radical (unpaired) electrons. The van der Waals surface area contributed by atoms with E-state index in [4.69, 9.17) is 9.47 Å². The van der Waals surface area contributed by atoms with Crippen LogP contribution in [0, 0.1) is 5.41 Å². The molecule has 0 N–H and O–H groups in total. The smallest absolute Gasteiger partial charge is 0.230 e. The van der Waals surface area contributed by atoms with Crippen LogP contribution in [0.2, 0.25) is 0 Å². The normalized spacial score (nSPS) is 24.0. The van der Waals surface area contributed by atoms with Gasteiger partial charge in [0.15, 0.2) is 0 Å². The van der Waals surface area contributed by atoms with Gasteiger partial charge in [-0.15, -0.1) is 0 Å². The fraction of sp³-hybridized carbons (Fsp3) is 0.733. The number of imidazole rings is 1. The average molecular weight is 293 g/mol. The molecule has 1 amide bonds. The first-order valence-corrected chi connectivity index (χ1v) is 7.59. The van der Waals surface area contributed by atoms with Gasteiger partial charge in [-0.1, -0.05) is 0 Å². The van der Waals surface area contributed by atoms with Gasteiger partial charge in [0, 0.05) is 45.7 Å². The van der Waals surface area contributed by atoms with Crippen molar-refractivity contribution in [2.24, 2.45) is 5.41 Å². The third-order valence-electron chi connectivity index (χ3n) is 4.42. The first-order chi connectivity index (χ1) is 10.2. The van der Waals surface area contributed by atoms with Crippen molar-refractivity contribution in [2.75, 3.05) is 33.4 Å². The molecule has 3 rings (SSSR count). The van der Waals surface area contributed by atoms with Crippen molar-refractivity contribution >= 4 is 5.91 Å². The summed E-state index contributed by atoms with van der Waals surface area (Å²) in [6.45, 7) is 3.43. The number of amides is 1. The summed E-state index contributed by atoms with van der Waals surface area (Å²) in [5, 5.41) is 0. The fourth-order valence-electron chi connectivity index (χ4n) is 2.98. The van der Waals surface area contributed by atoms with Crippen LogP contribution < -0.4 is 0 Å². The number of aromatic nitrogens is 2. The molecular formula is C15H23N3O3. The number of methoxy groups -OCH3 is 1. The molecule has 1 aliphatic carbocycles. The highest BCUT2D eigenvalue weighted by molar-refractivity contribution is 5.85. The third kappa shape index (κ3) is 3.27. The van der Waals surface area contributed by atoms with Gasteiger partial charge >= 0.3 is 0 Å². The standard InChI is InChI=1S/C15H23N3O3/c1-20-8-2-13-10-18(7-9-21-13)14(19)15(3-4-15)11-17-6-5-16-12-17/h5-6,12-13H,2-4,7-11H2,1H3. The molecule has 0 aromatic carbocycles. The molecule has 6 nitrogen and oxygen atoms in total. The Morgan fingerprint density at radius 2 is 2.38 bits per heavy atom. The maximum Gasteiger partial charge on any atom is 0.230 e.